The Kier molecular flexibility index (Phi) is 5.83. The highest BCUT2D eigenvalue weighted by molar-refractivity contribution is 6.32. The highest BCUT2D eigenvalue weighted by Crippen LogP contribution is 2.34. The zero-order chi connectivity index (χ0) is 20.3. The van der Waals surface area contributed by atoms with E-state index < -0.39 is 0 Å². The number of nitrogens with zero attached hydrogens (tertiary/aromatic N) is 3. The molecule has 0 unspecified atom stereocenters. The van der Waals surface area contributed by atoms with Crippen LogP contribution >= 0.6 is 11.6 Å². The predicted molar refractivity (Wildman–Crippen MR) is 109 cm³/mol. The minimum absolute atomic E-state index is 0.0382. The van der Waals surface area contributed by atoms with Gasteiger partial charge in [0.2, 0.25) is 0 Å². The predicted octanol–water partition coefficient (Wildman–Crippen LogP) is 2.84. The molecule has 28 heavy (non-hydrogen) atoms. The lowest BCUT2D eigenvalue weighted by Gasteiger charge is -2.14. The summed E-state index contributed by atoms with van der Waals surface area (Å²) in [5, 5.41) is 29.1. The van der Waals surface area contributed by atoms with Crippen molar-refractivity contribution in [1.82, 2.24) is 10.2 Å². The van der Waals surface area contributed by atoms with E-state index in [4.69, 9.17) is 32.9 Å². The highest BCUT2D eigenvalue weighted by Gasteiger charge is 2.18. The summed E-state index contributed by atoms with van der Waals surface area (Å²) in [6, 6.07) is 9.23. The van der Waals surface area contributed by atoms with Gasteiger partial charge in [0.15, 0.2) is 0 Å². The molecule has 2 aromatic carbocycles. The maximum absolute atomic E-state index is 9.43. The fraction of sp³-hybridized carbons (Fsp3) is 0.250. The first-order valence-corrected chi connectivity index (χ1v) is 9.07. The van der Waals surface area contributed by atoms with Crippen molar-refractivity contribution in [1.29, 1.82) is 5.26 Å². The van der Waals surface area contributed by atoms with Crippen molar-refractivity contribution in [3.05, 3.63) is 51.8 Å². The summed E-state index contributed by atoms with van der Waals surface area (Å²) >= 11 is 6.23. The summed E-state index contributed by atoms with van der Waals surface area (Å²) in [7, 11) is 1.56. The minimum atomic E-state index is 0.0382. The number of aliphatic hydroxyl groups excluding tert-OH is 1. The number of aromatic nitrogens is 2. The first-order chi connectivity index (χ1) is 13.5. The molecule has 0 fully saturated rings. The van der Waals surface area contributed by atoms with E-state index in [1.807, 2.05) is 6.07 Å². The second-order valence-corrected chi connectivity index (χ2v) is 6.76. The van der Waals surface area contributed by atoms with E-state index >= 15 is 0 Å². The molecule has 0 spiro atoms. The van der Waals surface area contributed by atoms with Crippen LogP contribution in [0.25, 0.3) is 10.8 Å². The van der Waals surface area contributed by atoms with Gasteiger partial charge in [0.1, 0.15) is 11.8 Å². The molecular weight excluding hydrogens is 378 g/mol. The van der Waals surface area contributed by atoms with Gasteiger partial charge in [-0.25, -0.2) is 0 Å². The number of hydrogen-bond acceptors (Lipinski definition) is 7. The van der Waals surface area contributed by atoms with Crippen LogP contribution in [0.2, 0.25) is 5.02 Å². The highest BCUT2D eigenvalue weighted by atomic mass is 35.5. The number of ether oxygens (including phenoxy) is 1. The molecule has 0 saturated heterocycles. The molecule has 3 aromatic rings. The monoisotopic (exact) mass is 397 g/mol. The molecule has 8 heteroatoms. The average molecular weight is 398 g/mol. The van der Waals surface area contributed by atoms with Crippen molar-refractivity contribution in [3.8, 4) is 11.8 Å². The second kappa shape index (κ2) is 8.30. The van der Waals surface area contributed by atoms with Crippen LogP contribution in [0.3, 0.4) is 0 Å². The number of halogens is 1. The van der Waals surface area contributed by atoms with Gasteiger partial charge in [0, 0.05) is 23.8 Å². The fourth-order valence-electron chi connectivity index (χ4n) is 3.18. The molecular formula is C20H20ClN5O2. The van der Waals surface area contributed by atoms with Crippen LogP contribution in [0.15, 0.2) is 24.3 Å². The zero-order valence-electron chi connectivity index (χ0n) is 15.4. The standard InChI is InChI=1S/C20H20ClN5O2/c1-28-18-5-4-11(7-14(18)21)8-17-19-12(16(25-26-17)3-2-6-27)9-15(23)13(10-22)20(19)24/h4-5,7,9,27H,2-3,6,8,23-24H2,1H3. The van der Waals surface area contributed by atoms with E-state index in [1.165, 1.54) is 0 Å². The Morgan fingerprint density at radius 3 is 2.61 bits per heavy atom. The number of nitriles is 1. The van der Waals surface area contributed by atoms with Crippen LogP contribution in [-0.4, -0.2) is 29.0 Å². The van der Waals surface area contributed by atoms with Crippen molar-refractivity contribution in [2.24, 2.45) is 0 Å². The molecule has 5 N–H and O–H groups in total. The largest absolute Gasteiger partial charge is 0.495 e. The van der Waals surface area contributed by atoms with Crippen molar-refractivity contribution in [2.45, 2.75) is 19.3 Å². The first kappa shape index (κ1) is 19.7. The van der Waals surface area contributed by atoms with Gasteiger partial charge in [0.05, 0.1) is 40.5 Å². The van der Waals surface area contributed by atoms with Crippen molar-refractivity contribution < 1.29 is 9.84 Å². The van der Waals surface area contributed by atoms with E-state index in [9.17, 15) is 5.26 Å². The number of methoxy groups -OCH3 is 1. The number of fused-ring (bicyclic) bond motifs is 1. The SMILES string of the molecule is COc1ccc(Cc2nnc(CCCO)c3cc(N)c(C#N)c(N)c23)cc1Cl. The van der Waals surface area contributed by atoms with Crippen molar-refractivity contribution in [2.75, 3.05) is 25.2 Å². The quantitative estimate of drug-likeness (QED) is 0.545. The molecule has 0 aliphatic rings. The number of rotatable bonds is 6. The minimum Gasteiger partial charge on any atom is -0.495 e. The van der Waals surface area contributed by atoms with E-state index in [2.05, 4.69) is 16.3 Å². The molecule has 0 amide bonds. The topological polar surface area (TPSA) is 131 Å². The summed E-state index contributed by atoms with van der Waals surface area (Å²) in [4.78, 5) is 0. The molecule has 0 atom stereocenters. The Bertz CT molecular complexity index is 1080. The molecule has 0 saturated carbocycles. The van der Waals surface area contributed by atoms with Crippen LogP contribution in [0.1, 0.15) is 28.9 Å². The van der Waals surface area contributed by atoms with Crippen LogP contribution in [0.4, 0.5) is 11.4 Å². The van der Waals surface area contributed by atoms with E-state index in [0.717, 1.165) is 10.9 Å². The van der Waals surface area contributed by atoms with Gasteiger partial charge < -0.3 is 21.3 Å². The van der Waals surface area contributed by atoms with Crippen LogP contribution in [-0.2, 0) is 12.8 Å². The molecule has 0 aliphatic heterocycles. The Balaban J connectivity index is 2.17. The zero-order valence-corrected chi connectivity index (χ0v) is 16.1. The van der Waals surface area contributed by atoms with Gasteiger partial charge in [-0.1, -0.05) is 17.7 Å². The third-order valence-corrected chi connectivity index (χ3v) is 4.85. The summed E-state index contributed by atoms with van der Waals surface area (Å²) in [6.45, 7) is 0.0382. The molecule has 0 aliphatic carbocycles. The van der Waals surface area contributed by atoms with Gasteiger partial charge in [0.25, 0.3) is 0 Å². The van der Waals surface area contributed by atoms with Crippen LogP contribution in [0, 0.1) is 11.3 Å². The Labute approximate surface area is 167 Å². The third-order valence-electron chi connectivity index (χ3n) is 4.56. The Morgan fingerprint density at radius 2 is 1.96 bits per heavy atom. The lowest BCUT2D eigenvalue weighted by atomic mass is 9.97. The number of nitrogen functional groups attached to an aromatic ring is 2. The summed E-state index contributed by atoms with van der Waals surface area (Å²) in [5.74, 6) is 0.583. The Morgan fingerprint density at radius 1 is 1.21 bits per heavy atom. The number of aryl methyl sites for hydroxylation is 1. The smallest absolute Gasteiger partial charge is 0.137 e. The van der Waals surface area contributed by atoms with Crippen molar-refractivity contribution in [3.63, 3.8) is 0 Å². The molecule has 0 bridgehead atoms. The van der Waals surface area contributed by atoms with Gasteiger partial charge >= 0.3 is 0 Å². The third kappa shape index (κ3) is 3.65. The van der Waals surface area contributed by atoms with E-state index in [0.29, 0.717) is 52.5 Å². The van der Waals surface area contributed by atoms with Gasteiger partial charge in [-0.3, -0.25) is 0 Å². The molecule has 144 valence electrons. The normalized spacial score (nSPS) is 10.8. The van der Waals surface area contributed by atoms with Crippen LogP contribution in [0.5, 0.6) is 5.75 Å². The van der Waals surface area contributed by atoms with Gasteiger partial charge in [-0.05, 0) is 36.6 Å². The molecule has 7 nitrogen and oxygen atoms in total. The number of nitrogens with two attached hydrogens (primary N) is 2. The van der Waals surface area contributed by atoms with Gasteiger partial charge in [-0.2, -0.15) is 15.5 Å². The summed E-state index contributed by atoms with van der Waals surface area (Å²) in [5.41, 5.74) is 15.3. The number of benzene rings is 2. The molecule has 1 heterocycles. The van der Waals surface area contributed by atoms with Crippen LogP contribution < -0.4 is 16.2 Å². The maximum Gasteiger partial charge on any atom is 0.137 e. The lowest BCUT2D eigenvalue weighted by molar-refractivity contribution is 0.288. The van der Waals surface area contributed by atoms with Crippen molar-refractivity contribution >= 4 is 33.7 Å². The maximum atomic E-state index is 9.43. The van der Waals surface area contributed by atoms with Gasteiger partial charge in [-0.15, -0.1) is 0 Å². The number of hydrogen-bond donors (Lipinski definition) is 3. The lowest BCUT2D eigenvalue weighted by Crippen LogP contribution is -2.07. The average Bonchev–Trinajstić information content (AvgIpc) is 2.67. The number of anilines is 2. The van der Waals surface area contributed by atoms with E-state index in [-0.39, 0.29) is 17.9 Å². The molecule has 3 rings (SSSR count). The number of aliphatic hydroxyl groups is 1. The van der Waals surface area contributed by atoms with E-state index in [1.54, 1.807) is 25.3 Å². The molecule has 1 aromatic heterocycles. The Hall–Kier alpha value is -3.08. The first-order valence-electron chi connectivity index (χ1n) is 8.69. The second-order valence-electron chi connectivity index (χ2n) is 6.36. The fourth-order valence-corrected chi connectivity index (χ4v) is 3.46. The molecule has 0 radical (unpaired) electrons. The summed E-state index contributed by atoms with van der Waals surface area (Å²) < 4.78 is 5.19. The summed E-state index contributed by atoms with van der Waals surface area (Å²) in [6.07, 6.45) is 1.49.